The number of halogens is 3. The number of likely N-dealkylation sites (N-methyl/N-ethyl adjacent to an activating group) is 1. The van der Waals surface area contributed by atoms with Gasteiger partial charge in [0, 0.05) is 48.9 Å². The fourth-order valence-electron chi connectivity index (χ4n) is 4.71. The number of aromatic amines is 1. The zero-order valence-electron chi connectivity index (χ0n) is 19.7. The Balaban J connectivity index is 1.44. The van der Waals surface area contributed by atoms with Crippen molar-refractivity contribution in [2.75, 3.05) is 20.6 Å². The standard InChI is InChI=1S/C26H29F3N4O2/c1-33(2)20(13-17-5-7-22-18(12-17)6-8-23(34)32-22)16-31-24(35)14-21(19-4-3-11-30-15-19)25(9-10-25)26(27,28)29/h3-8,11-12,15,20-21H,9-10,13-14,16H2,1-2H3,(H,31,35)(H,32,34). The Hall–Kier alpha value is -3.20. The van der Waals surface area contributed by atoms with Crippen LogP contribution in [0.4, 0.5) is 13.2 Å². The zero-order valence-corrected chi connectivity index (χ0v) is 19.7. The number of amides is 1. The highest BCUT2D eigenvalue weighted by Crippen LogP contribution is 2.66. The van der Waals surface area contributed by atoms with E-state index in [4.69, 9.17) is 0 Å². The number of hydrogen-bond acceptors (Lipinski definition) is 4. The normalized spacial score (nSPS) is 16.7. The Morgan fingerprint density at radius 3 is 2.60 bits per heavy atom. The first-order chi connectivity index (χ1) is 16.6. The van der Waals surface area contributed by atoms with E-state index in [2.05, 4.69) is 15.3 Å². The molecule has 4 rings (SSSR count). The molecule has 0 aliphatic heterocycles. The predicted molar refractivity (Wildman–Crippen MR) is 128 cm³/mol. The van der Waals surface area contributed by atoms with Crippen molar-refractivity contribution in [1.29, 1.82) is 0 Å². The number of benzene rings is 1. The van der Waals surface area contributed by atoms with Gasteiger partial charge in [0.2, 0.25) is 11.5 Å². The van der Waals surface area contributed by atoms with E-state index in [-0.39, 0.29) is 30.9 Å². The van der Waals surface area contributed by atoms with Gasteiger partial charge in [0.05, 0.1) is 5.41 Å². The fourth-order valence-corrected chi connectivity index (χ4v) is 4.71. The topological polar surface area (TPSA) is 78.1 Å². The maximum Gasteiger partial charge on any atom is 0.395 e. The molecule has 1 aliphatic rings. The van der Waals surface area contributed by atoms with Crippen molar-refractivity contribution in [1.82, 2.24) is 20.2 Å². The number of aromatic nitrogens is 2. The van der Waals surface area contributed by atoms with E-state index in [1.165, 1.54) is 18.5 Å². The van der Waals surface area contributed by atoms with Crippen molar-refractivity contribution in [2.24, 2.45) is 5.41 Å². The second kappa shape index (κ2) is 9.81. The SMILES string of the molecule is CN(C)C(CNC(=O)CC(c1cccnc1)C1(C(F)(F)F)CC1)Cc1ccc2[nH]c(=O)ccc2c1. The van der Waals surface area contributed by atoms with Crippen molar-refractivity contribution in [3.63, 3.8) is 0 Å². The van der Waals surface area contributed by atoms with Crippen LogP contribution in [0.25, 0.3) is 10.9 Å². The summed E-state index contributed by atoms with van der Waals surface area (Å²) in [6.45, 7) is 0.300. The van der Waals surface area contributed by atoms with Gasteiger partial charge in [-0.25, -0.2) is 0 Å². The molecule has 0 saturated heterocycles. The smallest absolute Gasteiger partial charge is 0.355 e. The van der Waals surface area contributed by atoms with Gasteiger partial charge < -0.3 is 15.2 Å². The Bertz CT molecular complexity index is 1240. The number of pyridine rings is 2. The van der Waals surface area contributed by atoms with Gasteiger partial charge in [0.1, 0.15) is 0 Å². The number of carbonyl (C=O) groups is 1. The second-order valence-electron chi connectivity index (χ2n) is 9.57. The van der Waals surface area contributed by atoms with Gasteiger partial charge in [0.25, 0.3) is 0 Å². The average Bonchev–Trinajstić information content (AvgIpc) is 3.63. The van der Waals surface area contributed by atoms with Crippen molar-refractivity contribution in [3.05, 3.63) is 76.3 Å². The number of fused-ring (bicyclic) bond motifs is 1. The van der Waals surface area contributed by atoms with Gasteiger partial charge >= 0.3 is 6.18 Å². The van der Waals surface area contributed by atoms with Crippen LogP contribution < -0.4 is 10.9 Å². The molecule has 2 unspecified atom stereocenters. The molecule has 1 saturated carbocycles. The van der Waals surface area contributed by atoms with Crippen LogP contribution >= 0.6 is 0 Å². The first-order valence-electron chi connectivity index (χ1n) is 11.6. The van der Waals surface area contributed by atoms with E-state index in [0.29, 0.717) is 18.5 Å². The molecule has 1 fully saturated rings. The fraction of sp³-hybridized carbons (Fsp3) is 0.423. The lowest BCUT2D eigenvalue weighted by atomic mass is 9.80. The summed E-state index contributed by atoms with van der Waals surface area (Å²) in [7, 11) is 3.80. The molecular weight excluding hydrogens is 457 g/mol. The second-order valence-corrected chi connectivity index (χ2v) is 9.57. The van der Waals surface area contributed by atoms with Gasteiger partial charge in [-0.15, -0.1) is 0 Å². The molecule has 2 heterocycles. The third-order valence-corrected chi connectivity index (χ3v) is 7.02. The molecule has 0 spiro atoms. The summed E-state index contributed by atoms with van der Waals surface area (Å²) < 4.78 is 41.7. The predicted octanol–water partition coefficient (Wildman–Crippen LogP) is 4.03. The van der Waals surface area contributed by atoms with E-state index in [0.717, 1.165) is 16.5 Å². The van der Waals surface area contributed by atoms with Gasteiger partial charge in [-0.05, 0) is 74.1 Å². The number of rotatable bonds is 9. The summed E-state index contributed by atoms with van der Waals surface area (Å²) >= 11 is 0. The number of hydrogen-bond donors (Lipinski definition) is 2. The molecule has 1 aromatic carbocycles. The molecule has 2 N–H and O–H groups in total. The molecule has 2 atom stereocenters. The summed E-state index contributed by atoms with van der Waals surface area (Å²) in [6.07, 6.45) is -0.997. The van der Waals surface area contributed by atoms with Crippen LogP contribution in [0.1, 0.15) is 36.3 Å². The minimum Gasteiger partial charge on any atom is -0.355 e. The van der Waals surface area contributed by atoms with Gasteiger partial charge in [0.15, 0.2) is 0 Å². The molecule has 9 heteroatoms. The number of H-pyrrole nitrogens is 1. The van der Waals surface area contributed by atoms with Crippen LogP contribution in [0.2, 0.25) is 0 Å². The number of nitrogens with zero attached hydrogens (tertiary/aromatic N) is 2. The van der Waals surface area contributed by atoms with E-state index in [1.807, 2.05) is 37.2 Å². The third-order valence-electron chi connectivity index (χ3n) is 7.02. The molecule has 0 bridgehead atoms. The quantitative estimate of drug-likeness (QED) is 0.479. The highest BCUT2D eigenvalue weighted by molar-refractivity contribution is 5.79. The largest absolute Gasteiger partial charge is 0.395 e. The monoisotopic (exact) mass is 486 g/mol. The summed E-state index contributed by atoms with van der Waals surface area (Å²) in [4.78, 5) is 33.1. The maximum atomic E-state index is 13.9. The molecular formula is C26H29F3N4O2. The minimum absolute atomic E-state index is 0.0247. The van der Waals surface area contributed by atoms with Crippen LogP contribution in [0.15, 0.2) is 59.7 Å². The van der Waals surface area contributed by atoms with Crippen LogP contribution in [-0.2, 0) is 11.2 Å². The molecule has 2 aromatic heterocycles. The highest BCUT2D eigenvalue weighted by atomic mass is 19.4. The molecule has 35 heavy (non-hydrogen) atoms. The summed E-state index contributed by atoms with van der Waals surface area (Å²) in [6, 6.07) is 12.2. The van der Waals surface area contributed by atoms with Crippen molar-refractivity contribution >= 4 is 16.8 Å². The van der Waals surface area contributed by atoms with E-state index < -0.39 is 23.4 Å². The molecule has 186 valence electrons. The Labute approximate surface area is 201 Å². The first kappa shape index (κ1) is 24.9. The highest BCUT2D eigenvalue weighted by Gasteiger charge is 2.67. The van der Waals surface area contributed by atoms with Crippen LogP contribution in [-0.4, -0.2) is 53.6 Å². The van der Waals surface area contributed by atoms with Crippen LogP contribution in [0, 0.1) is 5.41 Å². The average molecular weight is 487 g/mol. The molecule has 3 aromatic rings. The van der Waals surface area contributed by atoms with Gasteiger partial charge in [-0.3, -0.25) is 14.6 Å². The molecule has 1 aliphatic carbocycles. The Morgan fingerprint density at radius 1 is 1.20 bits per heavy atom. The summed E-state index contributed by atoms with van der Waals surface area (Å²) in [5.74, 6) is -1.37. The molecule has 0 radical (unpaired) electrons. The molecule has 6 nitrogen and oxygen atoms in total. The summed E-state index contributed by atoms with van der Waals surface area (Å²) in [5.41, 5.74) is 0.189. The number of alkyl halides is 3. The molecule has 1 amide bonds. The lowest BCUT2D eigenvalue weighted by Gasteiger charge is -2.30. The Morgan fingerprint density at radius 2 is 1.97 bits per heavy atom. The van der Waals surface area contributed by atoms with Crippen molar-refractivity contribution < 1.29 is 18.0 Å². The van der Waals surface area contributed by atoms with Gasteiger partial charge in [-0.1, -0.05) is 12.1 Å². The Kier molecular flexibility index (Phi) is 6.98. The van der Waals surface area contributed by atoms with E-state index in [9.17, 15) is 22.8 Å². The van der Waals surface area contributed by atoms with E-state index >= 15 is 0 Å². The number of carbonyl (C=O) groups excluding carboxylic acids is 1. The third kappa shape index (κ3) is 5.56. The van der Waals surface area contributed by atoms with Crippen molar-refractivity contribution in [3.8, 4) is 0 Å². The van der Waals surface area contributed by atoms with Crippen LogP contribution in [0.5, 0.6) is 0 Å². The minimum atomic E-state index is -4.37. The maximum absolute atomic E-state index is 13.9. The van der Waals surface area contributed by atoms with E-state index in [1.54, 1.807) is 18.2 Å². The first-order valence-corrected chi connectivity index (χ1v) is 11.6. The lowest BCUT2D eigenvalue weighted by molar-refractivity contribution is -0.194. The van der Waals surface area contributed by atoms with Gasteiger partial charge in [-0.2, -0.15) is 13.2 Å². The number of nitrogens with one attached hydrogen (secondary N) is 2. The summed E-state index contributed by atoms with van der Waals surface area (Å²) in [5, 5.41) is 3.77. The lowest BCUT2D eigenvalue weighted by Crippen LogP contribution is -2.42. The zero-order chi connectivity index (χ0) is 25.2. The van der Waals surface area contributed by atoms with Crippen molar-refractivity contribution in [2.45, 2.75) is 43.8 Å². The van der Waals surface area contributed by atoms with Crippen LogP contribution in [0.3, 0.4) is 0 Å².